The molecule has 1 fully saturated rings. The minimum Gasteiger partial charge on any atom is -0.325 e. The fraction of sp³-hybridized carbons (Fsp3) is 0.250. The lowest BCUT2D eigenvalue weighted by molar-refractivity contribution is -0.115. The van der Waals surface area contributed by atoms with Gasteiger partial charge >= 0.3 is 0 Å². The number of benzene rings is 2. The smallest absolute Gasteiger partial charge is 0.262 e. The van der Waals surface area contributed by atoms with Crippen LogP contribution in [0.2, 0.25) is 5.02 Å². The van der Waals surface area contributed by atoms with Crippen molar-refractivity contribution in [1.29, 1.82) is 0 Å². The lowest BCUT2D eigenvalue weighted by Crippen LogP contribution is -2.26. The van der Waals surface area contributed by atoms with Crippen molar-refractivity contribution < 1.29 is 4.79 Å². The van der Waals surface area contributed by atoms with Gasteiger partial charge in [-0.25, -0.2) is 4.98 Å². The number of carbonyl (C=O) groups excluding carboxylic acids is 1. The predicted octanol–water partition coefficient (Wildman–Crippen LogP) is 4.50. The topological polar surface area (TPSA) is 64.0 Å². The van der Waals surface area contributed by atoms with Crippen LogP contribution in [0.1, 0.15) is 25.8 Å². The van der Waals surface area contributed by atoms with E-state index in [0.29, 0.717) is 26.8 Å². The largest absolute Gasteiger partial charge is 0.325 e. The highest BCUT2D eigenvalue weighted by Gasteiger charge is 2.30. The molecule has 27 heavy (non-hydrogen) atoms. The Kier molecular flexibility index (Phi) is 4.93. The summed E-state index contributed by atoms with van der Waals surface area (Å²) in [6.45, 7) is 1.81. The zero-order chi connectivity index (χ0) is 19.0. The molecule has 1 aromatic heterocycles. The molecule has 0 bridgehead atoms. The number of hydrogen-bond acceptors (Lipinski definition) is 4. The minimum atomic E-state index is -0.415. The van der Waals surface area contributed by atoms with Crippen LogP contribution >= 0.6 is 23.4 Å². The first-order valence-electron chi connectivity index (χ1n) is 8.77. The second-order valence-corrected chi connectivity index (χ2v) is 8.32. The van der Waals surface area contributed by atoms with E-state index in [0.717, 1.165) is 12.8 Å². The molecule has 1 atom stereocenters. The third-order valence-electron chi connectivity index (χ3n) is 4.43. The summed E-state index contributed by atoms with van der Waals surface area (Å²) < 4.78 is 1.75. The molecule has 1 aliphatic rings. The standard InChI is InChI=1S/C20H18ClN3O2S/c1-12(18(25)22-14-6-4-5-13(21)11-14)27-20-23-17-8-3-2-7-16(17)19(26)24(20)15-9-10-15/h2-8,11-12,15H,9-10H2,1H3,(H,22,25)/t12-/m1/s1. The Morgan fingerprint density at radius 1 is 1.26 bits per heavy atom. The summed E-state index contributed by atoms with van der Waals surface area (Å²) in [6.07, 6.45) is 1.94. The van der Waals surface area contributed by atoms with Gasteiger partial charge in [0.05, 0.1) is 16.2 Å². The van der Waals surface area contributed by atoms with E-state index in [2.05, 4.69) is 10.3 Å². The number of hydrogen-bond donors (Lipinski definition) is 1. The summed E-state index contributed by atoms with van der Waals surface area (Å²) in [5, 5.41) is 4.21. The number of thioether (sulfide) groups is 1. The van der Waals surface area contributed by atoms with Gasteiger partial charge in [-0.05, 0) is 50.1 Å². The Bertz CT molecular complexity index is 1080. The average molecular weight is 400 g/mol. The molecule has 0 unspecified atom stereocenters. The Balaban J connectivity index is 1.61. The van der Waals surface area contributed by atoms with Crippen molar-refractivity contribution in [1.82, 2.24) is 9.55 Å². The number of para-hydroxylation sites is 1. The van der Waals surface area contributed by atoms with Crippen molar-refractivity contribution in [2.75, 3.05) is 5.32 Å². The summed E-state index contributed by atoms with van der Waals surface area (Å²) in [7, 11) is 0. The summed E-state index contributed by atoms with van der Waals surface area (Å²) in [5.74, 6) is -0.160. The molecule has 138 valence electrons. The third-order valence-corrected chi connectivity index (χ3v) is 5.73. The second-order valence-electron chi connectivity index (χ2n) is 6.58. The van der Waals surface area contributed by atoms with Gasteiger partial charge in [-0.2, -0.15) is 0 Å². The molecule has 0 spiro atoms. The zero-order valence-electron chi connectivity index (χ0n) is 14.7. The van der Waals surface area contributed by atoms with Gasteiger partial charge in [0.25, 0.3) is 5.56 Å². The molecule has 0 aliphatic heterocycles. The third kappa shape index (κ3) is 3.87. The van der Waals surface area contributed by atoms with E-state index in [4.69, 9.17) is 11.6 Å². The summed E-state index contributed by atoms with van der Waals surface area (Å²) in [6, 6.07) is 14.5. The SMILES string of the molecule is C[C@@H](Sc1nc2ccccc2c(=O)n1C1CC1)C(=O)Nc1cccc(Cl)c1. The van der Waals surface area contributed by atoms with Crippen LogP contribution in [-0.4, -0.2) is 20.7 Å². The van der Waals surface area contributed by atoms with E-state index in [1.807, 2.05) is 25.1 Å². The predicted molar refractivity (Wildman–Crippen MR) is 110 cm³/mol. The van der Waals surface area contributed by atoms with Crippen LogP contribution < -0.4 is 10.9 Å². The van der Waals surface area contributed by atoms with Crippen molar-refractivity contribution in [2.45, 2.75) is 36.2 Å². The fourth-order valence-corrected chi connectivity index (χ4v) is 4.05. The number of amides is 1. The summed E-state index contributed by atoms with van der Waals surface area (Å²) in [5.41, 5.74) is 1.27. The molecule has 0 saturated heterocycles. The maximum Gasteiger partial charge on any atom is 0.262 e. The monoisotopic (exact) mass is 399 g/mol. The number of carbonyl (C=O) groups is 1. The normalized spacial score (nSPS) is 14.9. The molecule has 1 N–H and O–H groups in total. The highest BCUT2D eigenvalue weighted by molar-refractivity contribution is 8.00. The zero-order valence-corrected chi connectivity index (χ0v) is 16.3. The highest BCUT2D eigenvalue weighted by atomic mass is 35.5. The molecule has 7 heteroatoms. The van der Waals surface area contributed by atoms with E-state index in [1.54, 1.807) is 34.9 Å². The molecule has 2 aromatic carbocycles. The molecular weight excluding hydrogens is 382 g/mol. The van der Waals surface area contributed by atoms with Gasteiger partial charge in [-0.1, -0.05) is 41.6 Å². The van der Waals surface area contributed by atoms with Gasteiger partial charge in [0.15, 0.2) is 5.16 Å². The first-order valence-corrected chi connectivity index (χ1v) is 10.0. The van der Waals surface area contributed by atoms with E-state index in [9.17, 15) is 9.59 Å². The van der Waals surface area contributed by atoms with Crippen LogP contribution in [-0.2, 0) is 4.79 Å². The molecule has 1 aliphatic carbocycles. The van der Waals surface area contributed by atoms with Crippen molar-refractivity contribution in [3.63, 3.8) is 0 Å². The molecular formula is C20H18ClN3O2S. The number of aromatic nitrogens is 2. The quantitative estimate of drug-likeness (QED) is 0.506. The van der Waals surface area contributed by atoms with Gasteiger partial charge in [0, 0.05) is 16.8 Å². The van der Waals surface area contributed by atoms with Gasteiger partial charge in [0.1, 0.15) is 0 Å². The molecule has 4 rings (SSSR count). The minimum absolute atomic E-state index is 0.0342. The Labute approximate surface area is 165 Å². The maximum absolute atomic E-state index is 12.9. The number of halogens is 1. The van der Waals surface area contributed by atoms with E-state index in [-0.39, 0.29) is 17.5 Å². The number of nitrogens with one attached hydrogen (secondary N) is 1. The van der Waals surface area contributed by atoms with Crippen LogP contribution in [0, 0.1) is 0 Å². The number of rotatable bonds is 5. The average Bonchev–Trinajstić information content (AvgIpc) is 3.47. The van der Waals surface area contributed by atoms with Gasteiger partial charge in [-0.15, -0.1) is 0 Å². The first kappa shape index (κ1) is 18.1. The molecule has 5 nitrogen and oxygen atoms in total. The number of anilines is 1. The fourth-order valence-electron chi connectivity index (χ4n) is 2.89. The summed E-state index contributed by atoms with van der Waals surface area (Å²) >= 11 is 7.27. The second kappa shape index (κ2) is 7.37. The molecule has 3 aromatic rings. The highest BCUT2D eigenvalue weighted by Crippen LogP contribution is 2.37. The van der Waals surface area contributed by atoms with Crippen molar-refractivity contribution in [3.8, 4) is 0 Å². The number of fused-ring (bicyclic) bond motifs is 1. The van der Waals surface area contributed by atoms with Crippen molar-refractivity contribution in [2.24, 2.45) is 0 Å². The van der Waals surface area contributed by atoms with Crippen molar-refractivity contribution >= 4 is 45.9 Å². The Hall–Kier alpha value is -2.31. The number of nitrogens with zero attached hydrogens (tertiary/aromatic N) is 2. The molecule has 1 saturated carbocycles. The van der Waals surface area contributed by atoms with Crippen molar-refractivity contribution in [3.05, 3.63) is 63.9 Å². The van der Waals surface area contributed by atoms with Crippen LogP contribution in [0.5, 0.6) is 0 Å². The first-order chi connectivity index (χ1) is 13.0. The summed E-state index contributed by atoms with van der Waals surface area (Å²) in [4.78, 5) is 30.2. The molecule has 1 amide bonds. The lowest BCUT2D eigenvalue weighted by Gasteiger charge is -2.16. The lowest BCUT2D eigenvalue weighted by atomic mass is 10.2. The maximum atomic E-state index is 12.9. The van der Waals surface area contributed by atoms with Gasteiger partial charge < -0.3 is 5.32 Å². The van der Waals surface area contributed by atoms with E-state index in [1.165, 1.54) is 11.8 Å². The van der Waals surface area contributed by atoms with Gasteiger partial charge in [-0.3, -0.25) is 14.2 Å². The van der Waals surface area contributed by atoms with Crippen LogP contribution in [0.3, 0.4) is 0 Å². The van der Waals surface area contributed by atoms with Gasteiger partial charge in [0.2, 0.25) is 5.91 Å². The molecule has 0 radical (unpaired) electrons. The Morgan fingerprint density at radius 2 is 2.04 bits per heavy atom. The Morgan fingerprint density at radius 3 is 2.78 bits per heavy atom. The van der Waals surface area contributed by atoms with Crippen LogP contribution in [0.4, 0.5) is 5.69 Å². The van der Waals surface area contributed by atoms with Crippen LogP contribution in [0.15, 0.2) is 58.5 Å². The van der Waals surface area contributed by atoms with E-state index < -0.39 is 5.25 Å². The van der Waals surface area contributed by atoms with E-state index >= 15 is 0 Å². The van der Waals surface area contributed by atoms with Crippen LogP contribution in [0.25, 0.3) is 10.9 Å². The molecule has 1 heterocycles.